The largest absolute Gasteiger partial charge is 0.326 e. The van der Waals surface area contributed by atoms with Crippen LogP contribution >= 0.6 is 15.9 Å². The summed E-state index contributed by atoms with van der Waals surface area (Å²) in [5.74, 6) is -0.300. The lowest BCUT2D eigenvalue weighted by Crippen LogP contribution is -2.13. The van der Waals surface area contributed by atoms with Crippen LogP contribution in [0.1, 0.15) is 23.7 Å². The number of aromatic nitrogens is 1. The van der Waals surface area contributed by atoms with Gasteiger partial charge >= 0.3 is 0 Å². The van der Waals surface area contributed by atoms with Crippen molar-refractivity contribution in [2.75, 3.05) is 10.6 Å². The third-order valence-electron chi connectivity index (χ3n) is 2.75. The molecule has 21 heavy (non-hydrogen) atoms. The molecule has 0 bridgehead atoms. The van der Waals surface area contributed by atoms with Crippen LogP contribution in [-0.2, 0) is 4.79 Å². The summed E-state index contributed by atoms with van der Waals surface area (Å²) in [6.07, 6.45) is 2.03. The van der Waals surface area contributed by atoms with Gasteiger partial charge in [-0.05, 0) is 52.3 Å². The second-order valence-electron chi connectivity index (χ2n) is 4.27. The highest BCUT2D eigenvalue weighted by atomic mass is 79.9. The lowest BCUT2D eigenvalue weighted by molar-refractivity contribution is -0.115. The van der Waals surface area contributed by atoms with Crippen LogP contribution in [0.25, 0.3) is 0 Å². The molecule has 0 atom stereocenters. The normalized spacial score (nSPS) is 10.0. The van der Waals surface area contributed by atoms with Crippen LogP contribution in [0.4, 0.5) is 11.4 Å². The molecule has 1 aromatic heterocycles. The van der Waals surface area contributed by atoms with E-state index in [9.17, 15) is 9.59 Å². The zero-order valence-corrected chi connectivity index (χ0v) is 13.0. The molecule has 0 aliphatic heterocycles. The first-order valence-corrected chi connectivity index (χ1v) is 7.21. The number of nitrogens with zero attached hydrogens (tertiary/aromatic N) is 1. The van der Waals surface area contributed by atoms with E-state index in [4.69, 9.17) is 0 Å². The number of pyridine rings is 1. The molecular weight excluding hydrogens is 334 g/mol. The van der Waals surface area contributed by atoms with Crippen LogP contribution in [0.3, 0.4) is 0 Å². The molecule has 0 aliphatic rings. The predicted molar refractivity (Wildman–Crippen MR) is 85.3 cm³/mol. The third-order valence-corrected chi connectivity index (χ3v) is 3.38. The summed E-state index contributed by atoms with van der Waals surface area (Å²) in [4.78, 5) is 27.4. The minimum absolute atomic E-state index is 0.0499. The molecule has 5 nitrogen and oxygen atoms in total. The molecule has 1 aromatic carbocycles. The zero-order chi connectivity index (χ0) is 15.2. The summed E-state index contributed by atoms with van der Waals surface area (Å²) >= 11 is 3.24. The Morgan fingerprint density at radius 1 is 1.10 bits per heavy atom. The fourth-order valence-electron chi connectivity index (χ4n) is 1.64. The molecule has 2 N–H and O–H groups in total. The van der Waals surface area contributed by atoms with Gasteiger partial charge in [0, 0.05) is 24.0 Å². The van der Waals surface area contributed by atoms with E-state index in [1.165, 1.54) is 0 Å². The van der Waals surface area contributed by atoms with E-state index < -0.39 is 0 Å². The molecule has 0 fully saturated rings. The summed E-state index contributed by atoms with van der Waals surface area (Å²) < 4.78 is 0.495. The average Bonchev–Trinajstić information content (AvgIpc) is 2.49. The van der Waals surface area contributed by atoms with Crippen molar-refractivity contribution < 1.29 is 9.59 Å². The Kier molecular flexibility index (Phi) is 5.05. The maximum Gasteiger partial charge on any atom is 0.258 e. The second-order valence-corrected chi connectivity index (χ2v) is 5.03. The van der Waals surface area contributed by atoms with Crippen molar-refractivity contribution in [3.63, 3.8) is 0 Å². The first-order valence-electron chi connectivity index (χ1n) is 6.42. The highest BCUT2D eigenvalue weighted by molar-refractivity contribution is 9.10. The zero-order valence-electron chi connectivity index (χ0n) is 11.4. The Balaban J connectivity index is 2.05. The number of anilines is 2. The molecule has 1 heterocycles. The van der Waals surface area contributed by atoms with Gasteiger partial charge in [0.1, 0.15) is 4.60 Å². The molecule has 108 valence electrons. The number of hydrogen-bond acceptors (Lipinski definition) is 3. The first-order chi connectivity index (χ1) is 10.1. The van der Waals surface area contributed by atoms with Crippen LogP contribution < -0.4 is 10.6 Å². The summed E-state index contributed by atoms with van der Waals surface area (Å²) in [5, 5.41) is 5.52. The monoisotopic (exact) mass is 347 g/mol. The van der Waals surface area contributed by atoms with Crippen LogP contribution in [0.2, 0.25) is 0 Å². The summed E-state index contributed by atoms with van der Waals surface area (Å²) in [6.45, 7) is 1.79. The minimum Gasteiger partial charge on any atom is -0.326 e. The van der Waals surface area contributed by atoms with E-state index >= 15 is 0 Å². The third kappa shape index (κ3) is 4.13. The molecule has 0 saturated heterocycles. The van der Waals surface area contributed by atoms with E-state index in [-0.39, 0.29) is 11.8 Å². The summed E-state index contributed by atoms with van der Waals surface area (Å²) in [7, 11) is 0. The number of carbonyl (C=O) groups is 2. The van der Waals surface area contributed by atoms with Crippen molar-refractivity contribution in [2.24, 2.45) is 0 Å². The minimum atomic E-state index is -0.250. The van der Waals surface area contributed by atoms with E-state index in [0.29, 0.717) is 28.0 Å². The van der Waals surface area contributed by atoms with E-state index in [1.54, 1.807) is 49.5 Å². The summed E-state index contributed by atoms with van der Waals surface area (Å²) in [6, 6.07) is 10.3. The molecular formula is C15H14BrN3O2. The maximum atomic E-state index is 12.1. The number of rotatable bonds is 4. The van der Waals surface area contributed by atoms with Gasteiger partial charge in [0.05, 0.1) is 5.56 Å². The Morgan fingerprint density at radius 3 is 2.29 bits per heavy atom. The quantitative estimate of drug-likeness (QED) is 0.832. The molecule has 2 amide bonds. The number of amides is 2. The molecule has 2 aromatic rings. The van der Waals surface area contributed by atoms with Crippen LogP contribution in [-0.4, -0.2) is 16.8 Å². The Labute approximate surface area is 130 Å². The number of benzene rings is 1. The van der Waals surface area contributed by atoms with Crippen LogP contribution in [0.5, 0.6) is 0 Å². The molecule has 6 heteroatoms. The van der Waals surface area contributed by atoms with E-state index in [2.05, 4.69) is 31.5 Å². The molecule has 0 spiro atoms. The van der Waals surface area contributed by atoms with Gasteiger partial charge in [0.25, 0.3) is 5.91 Å². The summed E-state index contributed by atoms with van der Waals surface area (Å²) in [5.41, 5.74) is 1.80. The smallest absolute Gasteiger partial charge is 0.258 e. The average molecular weight is 348 g/mol. The van der Waals surface area contributed by atoms with Crippen LogP contribution in [0, 0.1) is 0 Å². The van der Waals surface area contributed by atoms with Crippen LogP contribution in [0.15, 0.2) is 47.2 Å². The Morgan fingerprint density at radius 2 is 1.71 bits per heavy atom. The second kappa shape index (κ2) is 6.99. The van der Waals surface area contributed by atoms with E-state index in [0.717, 1.165) is 0 Å². The van der Waals surface area contributed by atoms with Crippen molar-refractivity contribution in [3.8, 4) is 0 Å². The highest BCUT2D eigenvalue weighted by Crippen LogP contribution is 2.17. The van der Waals surface area contributed by atoms with Gasteiger partial charge in [-0.25, -0.2) is 4.98 Å². The van der Waals surface area contributed by atoms with Crippen molar-refractivity contribution in [3.05, 3.63) is 52.8 Å². The SMILES string of the molecule is CCC(=O)Nc1ccc(NC(=O)c2cccnc2Br)cc1. The standard InChI is InChI=1S/C15H14BrN3O2/c1-2-13(20)18-10-5-7-11(8-6-10)19-15(21)12-4-3-9-17-14(12)16/h3-9H,2H2,1H3,(H,18,20)(H,19,21). The molecule has 2 rings (SSSR count). The van der Waals surface area contributed by atoms with Crippen molar-refractivity contribution >= 4 is 39.1 Å². The van der Waals surface area contributed by atoms with Gasteiger partial charge < -0.3 is 10.6 Å². The first kappa shape index (κ1) is 15.2. The van der Waals surface area contributed by atoms with Gasteiger partial charge in [-0.2, -0.15) is 0 Å². The van der Waals surface area contributed by atoms with Crippen molar-refractivity contribution in [2.45, 2.75) is 13.3 Å². The fraction of sp³-hybridized carbons (Fsp3) is 0.133. The van der Waals surface area contributed by atoms with Gasteiger partial charge in [0.2, 0.25) is 5.91 Å². The van der Waals surface area contributed by atoms with Gasteiger partial charge in [-0.1, -0.05) is 6.92 Å². The lowest BCUT2D eigenvalue weighted by atomic mass is 10.2. The topological polar surface area (TPSA) is 71.1 Å². The molecule has 0 saturated carbocycles. The molecule has 0 radical (unpaired) electrons. The Bertz CT molecular complexity index is 656. The molecule has 0 aliphatic carbocycles. The van der Waals surface area contributed by atoms with Crippen molar-refractivity contribution in [1.29, 1.82) is 0 Å². The van der Waals surface area contributed by atoms with Crippen molar-refractivity contribution in [1.82, 2.24) is 4.98 Å². The predicted octanol–water partition coefficient (Wildman–Crippen LogP) is 3.44. The van der Waals surface area contributed by atoms with Gasteiger partial charge in [-0.3, -0.25) is 9.59 Å². The van der Waals surface area contributed by atoms with E-state index in [1.807, 2.05) is 0 Å². The van der Waals surface area contributed by atoms with Gasteiger partial charge in [0.15, 0.2) is 0 Å². The lowest BCUT2D eigenvalue weighted by Gasteiger charge is -2.08. The fourth-order valence-corrected chi connectivity index (χ4v) is 2.07. The Hall–Kier alpha value is -2.21. The highest BCUT2D eigenvalue weighted by Gasteiger charge is 2.10. The maximum absolute atomic E-state index is 12.1. The number of hydrogen-bond donors (Lipinski definition) is 2. The number of carbonyl (C=O) groups excluding carboxylic acids is 2. The molecule has 0 unspecified atom stereocenters. The number of halogens is 1. The van der Waals surface area contributed by atoms with Gasteiger partial charge in [-0.15, -0.1) is 0 Å². The number of nitrogens with one attached hydrogen (secondary N) is 2.